The highest BCUT2D eigenvalue weighted by Gasteiger charge is 2.56. The number of nitrogens with one attached hydrogen (secondary N) is 2. The fourth-order valence-electron chi connectivity index (χ4n) is 2.73. The average molecular weight is 347 g/mol. The maximum Gasteiger partial charge on any atom is 0.325 e. The molecule has 4 amide bonds. The van der Waals surface area contributed by atoms with Gasteiger partial charge in [0.1, 0.15) is 12.1 Å². The maximum atomic E-state index is 12.5. The van der Waals surface area contributed by atoms with Crippen LogP contribution in [0.4, 0.5) is 4.79 Å². The normalized spacial score (nSPS) is 26.6. The van der Waals surface area contributed by atoms with Gasteiger partial charge >= 0.3 is 6.03 Å². The molecule has 0 aromatic carbocycles. The highest BCUT2D eigenvalue weighted by molar-refractivity contribution is 6.09. The molecule has 2 fully saturated rings. The molecule has 2 aliphatic rings. The standard InChI is InChI=1S/C15H26N4O3.ClH/c1-9(2)14(3,8-16)17-11(20)7-19-12(21)15(4,10-5-6-10)18-13(19)22;/h9-10H,5-8,16H2,1-4H3,(H,17,20)(H,18,22);1H. The summed E-state index contributed by atoms with van der Waals surface area (Å²) in [6.07, 6.45) is 1.86. The highest BCUT2D eigenvalue weighted by Crippen LogP contribution is 2.42. The molecule has 2 rings (SSSR count). The number of hydrogen-bond acceptors (Lipinski definition) is 4. The molecular weight excluding hydrogens is 320 g/mol. The SMILES string of the molecule is CC(C)C(C)(CN)NC(=O)CN1C(=O)NC(C)(C2CC2)C1=O.Cl. The van der Waals surface area contributed by atoms with Crippen molar-refractivity contribution in [3.05, 3.63) is 0 Å². The molecule has 1 saturated carbocycles. The molecule has 23 heavy (non-hydrogen) atoms. The van der Waals surface area contributed by atoms with E-state index in [4.69, 9.17) is 5.73 Å². The lowest BCUT2D eigenvalue weighted by Crippen LogP contribution is -2.57. The second-order valence-corrected chi connectivity index (χ2v) is 7.12. The summed E-state index contributed by atoms with van der Waals surface area (Å²) in [7, 11) is 0. The van der Waals surface area contributed by atoms with Gasteiger partial charge in [-0.15, -0.1) is 12.4 Å². The van der Waals surface area contributed by atoms with Gasteiger partial charge in [-0.1, -0.05) is 13.8 Å². The summed E-state index contributed by atoms with van der Waals surface area (Å²) in [5.74, 6) is -0.359. The van der Waals surface area contributed by atoms with Gasteiger partial charge in [-0.2, -0.15) is 0 Å². The second-order valence-electron chi connectivity index (χ2n) is 7.12. The first-order chi connectivity index (χ1) is 10.1. The summed E-state index contributed by atoms with van der Waals surface area (Å²) in [5, 5.41) is 5.57. The van der Waals surface area contributed by atoms with Gasteiger partial charge in [-0.05, 0) is 38.5 Å². The van der Waals surface area contributed by atoms with Gasteiger partial charge in [0, 0.05) is 6.54 Å². The van der Waals surface area contributed by atoms with E-state index in [0.717, 1.165) is 17.7 Å². The number of nitrogens with zero attached hydrogens (tertiary/aromatic N) is 1. The molecule has 8 heteroatoms. The van der Waals surface area contributed by atoms with Crippen molar-refractivity contribution in [1.82, 2.24) is 15.5 Å². The number of carbonyl (C=O) groups excluding carboxylic acids is 3. The maximum absolute atomic E-state index is 12.5. The van der Waals surface area contributed by atoms with Crippen molar-refractivity contribution in [1.29, 1.82) is 0 Å². The summed E-state index contributed by atoms with van der Waals surface area (Å²) < 4.78 is 0. The molecule has 0 bridgehead atoms. The largest absolute Gasteiger partial charge is 0.348 e. The first-order valence-electron chi connectivity index (χ1n) is 7.79. The van der Waals surface area contributed by atoms with Crippen LogP contribution in [0.15, 0.2) is 0 Å². The van der Waals surface area contributed by atoms with Crippen LogP contribution >= 0.6 is 12.4 Å². The monoisotopic (exact) mass is 346 g/mol. The number of amides is 4. The molecule has 2 unspecified atom stereocenters. The topological polar surface area (TPSA) is 105 Å². The molecule has 1 aliphatic heterocycles. The Morgan fingerprint density at radius 3 is 2.48 bits per heavy atom. The highest BCUT2D eigenvalue weighted by atomic mass is 35.5. The van der Waals surface area contributed by atoms with E-state index in [1.165, 1.54) is 0 Å². The average Bonchev–Trinajstić information content (AvgIpc) is 3.25. The fourth-order valence-corrected chi connectivity index (χ4v) is 2.73. The molecule has 0 aromatic heterocycles. The van der Waals surface area contributed by atoms with E-state index in [1.807, 2.05) is 20.8 Å². The Morgan fingerprint density at radius 1 is 1.48 bits per heavy atom. The van der Waals surface area contributed by atoms with Gasteiger partial charge in [-0.25, -0.2) is 4.79 Å². The number of imide groups is 1. The van der Waals surface area contributed by atoms with Crippen molar-refractivity contribution in [3.8, 4) is 0 Å². The molecular formula is C15H27ClN4O3. The van der Waals surface area contributed by atoms with Crippen LogP contribution in [0, 0.1) is 11.8 Å². The van der Waals surface area contributed by atoms with Crippen LogP contribution in [-0.2, 0) is 9.59 Å². The van der Waals surface area contributed by atoms with Crippen LogP contribution in [-0.4, -0.2) is 46.9 Å². The molecule has 4 N–H and O–H groups in total. The first kappa shape index (κ1) is 19.7. The van der Waals surface area contributed by atoms with Crippen molar-refractivity contribution in [2.75, 3.05) is 13.1 Å². The minimum absolute atomic E-state index is 0. The van der Waals surface area contributed by atoms with Crippen LogP contribution < -0.4 is 16.4 Å². The minimum Gasteiger partial charge on any atom is -0.348 e. The summed E-state index contributed by atoms with van der Waals surface area (Å²) in [4.78, 5) is 37.7. The lowest BCUT2D eigenvalue weighted by molar-refractivity contribution is -0.135. The van der Waals surface area contributed by atoms with Crippen molar-refractivity contribution in [3.63, 3.8) is 0 Å². The Bertz CT molecular complexity index is 509. The number of nitrogens with two attached hydrogens (primary N) is 1. The Morgan fingerprint density at radius 2 is 2.04 bits per heavy atom. The Kier molecular flexibility index (Phi) is 5.70. The predicted molar refractivity (Wildman–Crippen MR) is 89.1 cm³/mol. The molecule has 7 nitrogen and oxygen atoms in total. The third-order valence-electron chi connectivity index (χ3n) is 5.12. The van der Waals surface area contributed by atoms with Crippen LogP contribution in [0.25, 0.3) is 0 Å². The zero-order valence-electron chi connectivity index (χ0n) is 14.1. The van der Waals surface area contributed by atoms with Crippen molar-refractivity contribution in [2.24, 2.45) is 17.6 Å². The first-order valence-corrected chi connectivity index (χ1v) is 7.79. The third-order valence-corrected chi connectivity index (χ3v) is 5.12. The number of urea groups is 1. The van der Waals surface area contributed by atoms with E-state index >= 15 is 0 Å². The lowest BCUT2D eigenvalue weighted by Gasteiger charge is -2.34. The van der Waals surface area contributed by atoms with Gasteiger partial charge in [0.25, 0.3) is 5.91 Å². The van der Waals surface area contributed by atoms with Gasteiger partial charge in [0.2, 0.25) is 5.91 Å². The molecule has 1 aliphatic carbocycles. The van der Waals surface area contributed by atoms with Crippen LogP contribution in [0.5, 0.6) is 0 Å². The predicted octanol–water partition coefficient (Wildman–Crippen LogP) is 0.618. The number of rotatable bonds is 6. The Labute approximate surface area is 143 Å². The zero-order chi connectivity index (χ0) is 16.7. The van der Waals surface area contributed by atoms with E-state index in [1.54, 1.807) is 6.92 Å². The minimum atomic E-state index is -0.855. The van der Waals surface area contributed by atoms with E-state index < -0.39 is 17.1 Å². The quantitative estimate of drug-likeness (QED) is 0.613. The Balaban J connectivity index is 0.00000264. The fraction of sp³-hybridized carbons (Fsp3) is 0.800. The Hall–Kier alpha value is -1.34. The number of halogens is 1. The summed E-state index contributed by atoms with van der Waals surface area (Å²) in [6, 6.07) is -0.492. The van der Waals surface area contributed by atoms with Crippen molar-refractivity contribution in [2.45, 2.75) is 51.6 Å². The van der Waals surface area contributed by atoms with E-state index in [2.05, 4.69) is 10.6 Å². The number of carbonyl (C=O) groups is 3. The van der Waals surface area contributed by atoms with Crippen LogP contribution in [0.1, 0.15) is 40.5 Å². The molecule has 1 heterocycles. The van der Waals surface area contributed by atoms with Gasteiger partial charge < -0.3 is 16.4 Å². The molecule has 0 aromatic rings. The molecule has 2 atom stereocenters. The molecule has 0 radical (unpaired) electrons. The molecule has 1 saturated heterocycles. The van der Waals surface area contributed by atoms with E-state index in [9.17, 15) is 14.4 Å². The van der Waals surface area contributed by atoms with Gasteiger partial charge in [0.15, 0.2) is 0 Å². The van der Waals surface area contributed by atoms with Gasteiger partial charge in [0.05, 0.1) is 5.54 Å². The smallest absolute Gasteiger partial charge is 0.325 e. The third kappa shape index (κ3) is 3.61. The van der Waals surface area contributed by atoms with Crippen molar-refractivity contribution < 1.29 is 14.4 Å². The van der Waals surface area contributed by atoms with Crippen LogP contribution in [0.3, 0.4) is 0 Å². The molecule has 0 spiro atoms. The zero-order valence-corrected chi connectivity index (χ0v) is 15.0. The van der Waals surface area contributed by atoms with E-state index in [-0.39, 0.29) is 49.1 Å². The summed E-state index contributed by atoms with van der Waals surface area (Å²) >= 11 is 0. The van der Waals surface area contributed by atoms with Crippen molar-refractivity contribution >= 4 is 30.3 Å². The number of hydrogen-bond donors (Lipinski definition) is 3. The van der Waals surface area contributed by atoms with Gasteiger partial charge in [-0.3, -0.25) is 14.5 Å². The molecule has 132 valence electrons. The summed E-state index contributed by atoms with van der Waals surface area (Å²) in [5.41, 5.74) is 4.32. The second kappa shape index (κ2) is 6.65. The lowest BCUT2D eigenvalue weighted by atomic mass is 9.88. The van der Waals surface area contributed by atoms with E-state index in [0.29, 0.717) is 0 Å². The van der Waals surface area contributed by atoms with Crippen LogP contribution in [0.2, 0.25) is 0 Å². The summed E-state index contributed by atoms with van der Waals surface area (Å²) in [6.45, 7) is 7.54.